The lowest BCUT2D eigenvalue weighted by molar-refractivity contribution is -0.119. The first kappa shape index (κ1) is 15.8. The summed E-state index contributed by atoms with van der Waals surface area (Å²) in [6, 6.07) is 6.66. The molecule has 0 bridgehead atoms. The molecule has 0 radical (unpaired) electrons. The molecule has 0 atom stereocenters. The molecule has 21 heavy (non-hydrogen) atoms. The van der Waals surface area contributed by atoms with Gasteiger partial charge in [0.1, 0.15) is 4.90 Å². The fourth-order valence-corrected chi connectivity index (χ4v) is 3.34. The lowest BCUT2D eigenvalue weighted by Crippen LogP contribution is -2.33. The zero-order valence-electron chi connectivity index (χ0n) is 12.2. The van der Waals surface area contributed by atoms with E-state index < -0.39 is 10.0 Å². The standard InChI is InChI=1S/C14H21N3O3S/c1-10(2)17-21(19,20)13-6-4-3-5-12(13)15-9-14(18)16-11-7-8-11/h3-6,10-11,15,17H,7-9H2,1-2H3,(H,16,18). The lowest BCUT2D eigenvalue weighted by Gasteiger charge is -2.14. The van der Waals surface area contributed by atoms with Crippen molar-refractivity contribution < 1.29 is 13.2 Å². The summed E-state index contributed by atoms with van der Waals surface area (Å²) in [5.41, 5.74) is 0.427. The van der Waals surface area contributed by atoms with Crippen LogP contribution < -0.4 is 15.4 Å². The number of hydrogen-bond acceptors (Lipinski definition) is 4. The Hall–Kier alpha value is -1.60. The van der Waals surface area contributed by atoms with Crippen molar-refractivity contribution in [3.63, 3.8) is 0 Å². The quantitative estimate of drug-likeness (QED) is 0.703. The van der Waals surface area contributed by atoms with Crippen molar-refractivity contribution in [3.8, 4) is 0 Å². The summed E-state index contributed by atoms with van der Waals surface area (Å²) in [5.74, 6) is -0.124. The van der Waals surface area contributed by atoms with Gasteiger partial charge in [-0.05, 0) is 38.8 Å². The number of carbonyl (C=O) groups is 1. The first-order chi connectivity index (χ1) is 9.88. The van der Waals surface area contributed by atoms with E-state index >= 15 is 0 Å². The molecule has 0 saturated heterocycles. The molecule has 0 aliphatic heterocycles. The normalized spacial score (nSPS) is 15.0. The van der Waals surface area contributed by atoms with Gasteiger partial charge in [0.15, 0.2) is 0 Å². The van der Waals surface area contributed by atoms with Crippen molar-refractivity contribution in [1.29, 1.82) is 0 Å². The maximum absolute atomic E-state index is 12.2. The topological polar surface area (TPSA) is 87.3 Å². The van der Waals surface area contributed by atoms with Gasteiger partial charge < -0.3 is 10.6 Å². The van der Waals surface area contributed by atoms with Crippen molar-refractivity contribution in [1.82, 2.24) is 10.0 Å². The molecule has 6 nitrogen and oxygen atoms in total. The molecule has 1 fully saturated rings. The SMILES string of the molecule is CC(C)NS(=O)(=O)c1ccccc1NCC(=O)NC1CC1. The Labute approximate surface area is 125 Å². The van der Waals surface area contributed by atoms with E-state index in [1.165, 1.54) is 6.07 Å². The monoisotopic (exact) mass is 311 g/mol. The molecule has 1 aromatic rings. The van der Waals surface area contributed by atoms with Crippen LogP contribution in [0.15, 0.2) is 29.2 Å². The minimum absolute atomic E-state index is 0.0602. The van der Waals surface area contributed by atoms with Gasteiger partial charge in [0.25, 0.3) is 0 Å². The van der Waals surface area contributed by atoms with Crippen LogP contribution in [0.2, 0.25) is 0 Å². The highest BCUT2D eigenvalue weighted by Gasteiger charge is 2.23. The fraction of sp³-hybridized carbons (Fsp3) is 0.500. The average molecular weight is 311 g/mol. The number of sulfonamides is 1. The van der Waals surface area contributed by atoms with Gasteiger partial charge in [0, 0.05) is 12.1 Å². The summed E-state index contributed by atoms with van der Waals surface area (Å²) in [6.45, 7) is 3.58. The number of nitrogens with one attached hydrogen (secondary N) is 3. The van der Waals surface area contributed by atoms with E-state index in [2.05, 4.69) is 15.4 Å². The molecule has 1 amide bonds. The number of benzene rings is 1. The van der Waals surface area contributed by atoms with Crippen LogP contribution in [-0.2, 0) is 14.8 Å². The molecule has 3 N–H and O–H groups in total. The number of para-hydroxylation sites is 1. The van der Waals surface area contributed by atoms with E-state index in [4.69, 9.17) is 0 Å². The van der Waals surface area contributed by atoms with Crippen LogP contribution in [0.4, 0.5) is 5.69 Å². The molecule has 0 heterocycles. The van der Waals surface area contributed by atoms with Gasteiger partial charge in [0.05, 0.1) is 12.2 Å². The molecule has 0 unspecified atom stereocenters. The van der Waals surface area contributed by atoms with Gasteiger partial charge in [-0.15, -0.1) is 0 Å². The first-order valence-electron chi connectivity index (χ1n) is 7.03. The highest BCUT2D eigenvalue weighted by molar-refractivity contribution is 7.89. The largest absolute Gasteiger partial charge is 0.375 e. The van der Waals surface area contributed by atoms with Gasteiger partial charge in [-0.25, -0.2) is 13.1 Å². The Morgan fingerprint density at radius 3 is 2.57 bits per heavy atom. The molecular weight excluding hydrogens is 290 g/mol. The second kappa shape index (κ2) is 6.44. The molecule has 116 valence electrons. The summed E-state index contributed by atoms with van der Waals surface area (Å²) in [4.78, 5) is 11.8. The van der Waals surface area contributed by atoms with Crippen LogP contribution in [0.3, 0.4) is 0 Å². The molecule has 2 rings (SSSR count). The summed E-state index contributed by atoms with van der Waals surface area (Å²) >= 11 is 0. The van der Waals surface area contributed by atoms with E-state index in [0.29, 0.717) is 11.7 Å². The van der Waals surface area contributed by atoms with Crippen LogP contribution >= 0.6 is 0 Å². The summed E-state index contributed by atoms with van der Waals surface area (Å²) < 4.78 is 27.0. The molecule has 1 aliphatic rings. The van der Waals surface area contributed by atoms with E-state index in [-0.39, 0.29) is 23.4 Å². The predicted octanol–water partition coefficient (Wildman–Crippen LogP) is 1.06. The molecule has 1 saturated carbocycles. The van der Waals surface area contributed by atoms with Gasteiger partial charge in [0.2, 0.25) is 15.9 Å². The minimum Gasteiger partial charge on any atom is -0.375 e. The van der Waals surface area contributed by atoms with Crippen LogP contribution in [0.25, 0.3) is 0 Å². The Bertz CT molecular complexity index is 610. The zero-order valence-corrected chi connectivity index (χ0v) is 13.0. The van der Waals surface area contributed by atoms with Crippen molar-refractivity contribution >= 4 is 21.6 Å². The van der Waals surface area contributed by atoms with Crippen molar-refractivity contribution in [2.45, 2.75) is 43.7 Å². The molecule has 1 aromatic carbocycles. The Morgan fingerprint density at radius 1 is 1.29 bits per heavy atom. The predicted molar refractivity (Wildman–Crippen MR) is 81.6 cm³/mol. The van der Waals surface area contributed by atoms with Gasteiger partial charge in [-0.2, -0.15) is 0 Å². The molecular formula is C14H21N3O3S. The Morgan fingerprint density at radius 2 is 1.95 bits per heavy atom. The zero-order chi connectivity index (χ0) is 15.5. The van der Waals surface area contributed by atoms with Gasteiger partial charge in [-0.1, -0.05) is 12.1 Å². The number of anilines is 1. The smallest absolute Gasteiger partial charge is 0.242 e. The Kier molecular flexibility index (Phi) is 4.84. The molecule has 7 heteroatoms. The molecule has 0 spiro atoms. The lowest BCUT2D eigenvalue weighted by atomic mass is 10.3. The molecule has 0 aromatic heterocycles. The minimum atomic E-state index is -3.59. The third-order valence-electron chi connectivity index (χ3n) is 2.95. The van der Waals surface area contributed by atoms with E-state index in [9.17, 15) is 13.2 Å². The van der Waals surface area contributed by atoms with E-state index in [1.54, 1.807) is 32.0 Å². The summed E-state index contributed by atoms with van der Waals surface area (Å²) in [7, 11) is -3.59. The highest BCUT2D eigenvalue weighted by Crippen LogP contribution is 2.21. The number of amides is 1. The van der Waals surface area contributed by atoms with Crippen molar-refractivity contribution in [3.05, 3.63) is 24.3 Å². The Balaban J connectivity index is 2.07. The second-order valence-corrected chi connectivity index (χ2v) is 7.15. The summed E-state index contributed by atoms with van der Waals surface area (Å²) in [5, 5.41) is 5.74. The number of hydrogen-bond donors (Lipinski definition) is 3. The number of carbonyl (C=O) groups excluding carboxylic acids is 1. The number of rotatable bonds is 7. The summed E-state index contributed by atoms with van der Waals surface area (Å²) in [6.07, 6.45) is 2.05. The van der Waals surface area contributed by atoms with Crippen molar-refractivity contribution in [2.24, 2.45) is 0 Å². The maximum Gasteiger partial charge on any atom is 0.242 e. The van der Waals surface area contributed by atoms with Crippen LogP contribution in [-0.4, -0.2) is 33.0 Å². The average Bonchev–Trinajstić information content (AvgIpc) is 3.19. The van der Waals surface area contributed by atoms with Crippen LogP contribution in [0.5, 0.6) is 0 Å². The molecule has 1 aliphatic carbocycles. The fourth-order valence-electron chi connectivity index (χ4n) is 1.90. The maximum atomic E-state index is 12.2. The van der Waals surface area contributed by atoms with Gasteiger partial charge >= 0.3 is 0 Å². The van der Waals surface area contributed by atoms with Crippen LogP contribution in [0.1, 0.15) is 26.7 Å². The first-order valence-corrected chi connectivity index (χ1v) is 8.51. The van der Waals surface area contributed by atoms with E-state index in [0.717, 1.165) is 12.8 Å². The third kappa shape index (κ3) is 4.71. The van der Waals surface area contributed by atoms with E-state index in [1.807, 2.05) is 0 Å². The third-order valence-corrected chi connectivity index (χ3v) is 4.67. The highest BCUT2D eigenvalue weighted by atomic mass is 32.2. The van der Waals surface area contributed by atoms with Gasteiger partial charge in [-0.3, -0.25) is 4.79 Å². The second-order valence-electron chi connectivity index (χ2n) is 5.47. The van der Waals surface area contributed by atoms with Crippen molar-refractivity contribution in [2.75, 3.05) is 11.9 Å². The van der Waals surface area contributed by atoms with Crippen LogP contribution in [0, 0.1) is 0 Å².